The Labute approximate surface area is 168 Å². The molecule has 2 heterocycles. The molecule has 0 spiro atoms. The molecule has 0 aliphatic carbocycles. The Morgan fingerprint density at radius 2 is 1.28 bits per heavy atom. The van der Waals surface area contributed by atoms with Gasteiger partial charge in [0, 0.05) is 12.1 Å². The molecule has 7 heteroatoms. The predicted octanol–water partition coefficient (Wildman–Crippen LogP) is 4.13. The molecule has 2 aromatic carbocycles. The van der Waals surface area contributed by atoms with Crippen LogP contribution in [0.1, 0.15) is 11.1 Å². The molecule has 0 atom stereocenters. The number of nitrogens with zero attached hydrogens (tertiary/aromatic N) is 2. The summed E-state index contributed by atoms with van der Waals surface area (Å²) in [6.07, 6.45) is 0. The van der Waals surface area contributed by atoms with Crippen LogP contribution in [0.3, 0.4) is 0 Å². The normalized spacial score (nSPS) is 10.7. The van der Waals surface area contributed by atoms with Crippen LogP contribution in [0.15, 0.2) is 60.7 Å². The van der Waals surface area contributed by atoms with Crippen molar-refractivity contribution in [3.63, 3.8) is 0 Å². The average Bonchev–Trinajstić information content (AvgIpc) is 3.37. The van der Waals surface area contributed by atoms with Gasteiger partial charge in [-0.2, -0.15) is 10.2 Å². The Hall–Kier alpha value is -3.87. The van der Waals surface area contributed by atoms with E-state index in [-0.39, 0.29) is 12.5 Å². The second-order valence-corrected chi connectivity index (χ2v) is 6.97. The van der Waals surface area contributed by atoms with E-state index in [4.69, 9.17) is 0 Å². The van der Waals surface area contributed by atoms with Crippen molar-refractivity contribution in [2.45, 2.75) is 13.8 Å². The third-order valence-corrected chi connectivity index (χ3v) is 4.58. The van der Waals surface area contributed by atoms with Crippen molar-refractivity contribution in [3.05, 3.63) is 71.8 Å². The van der Waals surface area contributed by atoms with Crippen molar-refractivity contribution in [2.24, 2.45) is 0 Å². The van der Waals surface area contributed by atoms with Gasteiger partial charge < -0.3 is 10.6 Å². The first kappa shape index (κ1) is 18.5. The number of anilines is 2. The molecular weight excluding hydrogens is 364 g/mol. The molecule has 4 aromatic rings. The molecule has 0 aliphatic heterocycles. The lowest BCUT2D eigenvalue weighted by molar-refractivity contribution is -0.114. The fourth-order valence-electron chi connectivity index (χ4n) is 2.92. The first-order valence-electron chi connectivity index (χ1n) is 9.35. The van der Waals surface area contributed by atoms with E-state index in [1.165, 1.54) is 11.1 Å². The van der Waals surface area contributed by atoms with Gasteiger partial charge in [-0.3, -0.25) is 15.0 Å². The number of nitrogens with one attached hydrogen (secondary N) is 4. The second-order valence-electron chi connectivity index (χ2n) is 6.97. The van der Waals surface area contributed by atoms with Gasteiger partial charge in [-0.15, -0.1) is 0 Å². The highest BCUT2D eigenvalue weighted by Gasteiger charge is 2.09. The minimum absolute atomic E-state index is 0.0882. The molecule has 2 aromatic heterocycles. The summed E-state index contributed by atoms with van der Waals surface area (Å²) in [4.78, 5) is 12.2. The summed E-state index contributed by atoms with van der Waals surface area (Å²) < 4.78 is 0. The Morgan fingerprint density at radius 1 is 0.793 bits per heavy atom. The largest absolute Gasteiger partial charge is 0.360 e. The Bertz CT molecular complexity index is 1110. The van der Waals surface area contributed by atoms with Gasteiger partial charge in [-0.1, -0.05) is 59.7 Å². The van der Waals surface area contributed by atoms with E-state index < -0.39 is 0 Å². The minimum Gasteiger partial charge on any atom is -0.360 e. The highest BCUT2D eigenvalue weighted by atomic mass is 16.2. The first-order valence-corrected chi connectivity index (χ1v) is 9.35. The molecule has 29 heavy (non-hydrogen) atoms. The molecular formula is C22H22N6O. The van der Waals surface area contributed by atoms with Crippen LogP contribution in [-0.2, 0) is 4.79 Å². The van der Waals surface area contributed by atoms with E-state index in [1.54, 1.807) is 0 Å². The summed E-state index contributed by atoms with van der Waals surface area (Å²) >= 11 is 0. The highest BCUT2D eigenvalue weighted by molar-refractivity contribution is 5.93. The van der Waals surface area contributed by atoms with Gasteiger partial charge in [0.05, 0.1) is 17.9 Å². The SMILES string of the molecule is Cc1ccc(-c2cc(NCC(=O)Nc3cc(-c4ccc(C)cc4)[nH]n3)n[nH]2)cc1. The molecule has 0 radical (unpaired) electrons. The maximum absolute atomic E-state index is 12.2. The number of amides is 1. The number of carbonyl (C=O) groups excluding carboxylic acids is 1. The van der Waals surface area contributed by atoms with Crippen LogP contribution in [0.5, 0.6) is 0 Å². The molecule has 0 saturated heterocycles. The van der Waals surface area contributed by atoms with Gasteiger partial charge >= 0.3 is 0 Å². The van der Waals surface area contributed by atoms with Gasteiger partial charge in [0.15, 0.2) is 5.82 Å². The van der Waals surface area contributed by atoms with E-state index >= 15 is 0 Å². The lowest BCUT2D eigenvalue weighted by Crippen LogP contribution is -2.22. The zero-order chi connectivity index (χ0) is 20.2. The van der Waals surface area contributed by atoms with Crippen molar-refractivity contribution in [2.75, 3.05) is 17.2 Å². The van der Waals surface area contributed by atoms with Crippen molar-refractivity contribution in [1.29, 1.82) is 0 Å². The first-order chi connectivity index (χ1) is 14.1. The summed E-state index contributed by atoms with van der Waals surface area (Å²) in [6.45, 7) is 4.18. The van der Waals surface area contributed by atoms with Crippen LogP contribution in [-0.4, -0.2) is 32.8 Å². The second kappa shape index (κ2) is 8.02. The summed E-state index contributed by atoms with van der Waals surface area (Å²) in [5, 5.41) is 20.1. The number of hydrogen-bond acceptors (Lipinski definition) is 4. The smallest absolute Gasteiger partial charge is 0.244 e. The molecule has 0 aliphatic rings. The predicted molar refractivity (Wildman–Crippen MR) is 115 cm³/mol. The number of aryl methyl sites for hydroxylation is 2. The van der Waals surface area contributed by atoms with Crippen molar-refractivity contribution >= 4 is 17.5 Å². The highest BCUT2D eigenvalue weighted by Crippen LogP contribution is 2.21. The molecule has 0 fully saturated rings. The Morgan fingerprint density at radius 3 is 1.83 bits per heavy atom. The van der Waals surface area contributed by atoms with Gasteiger partial charge in [0.2, 0.25) is 5.91 Å². The maximum Gasteiger partial charge on any atom is 0.244 e. The van der Waals surface area contributed by atoms with E-state index in [0.29, 0.717) is 11.6 Å². The molecule has 1 amide bonds. The van der Waals surface area contributed by atoms with E-state index in [1.807, 2.05) is 74.5 Å². The monoisotopic (exact) mass is 386 g/mol. The Kier molecular flexibility index (Phi) is 5.11. The number of hydrogen-bond donors (Lipinski definition) is 4. The number of H-pyrrole nitrogens is 2. The lowest BCUT2D eigenvalue weighted by atomic mass is 10.1. The van der Waals surface area contributed by atoms with E-state index in [0.717, 1.165) is 22.5 Å². The van der Waals surface area contributed by atoms with E-state index in [2.05, 4.69) is 31.0 Å². The number of aromatic nitrogens is 4. The maximum atomic E-state index is 12.2. The lowest BCUT2D eigenvalue weighted by Gasteiger charge is -2.02. The third-order valence-electron chi connectivity index (χ3n) is 4.58. The van der Waals surface area contributed by atoms with Gasteiger partial charge in [0.25, 0.3) is 0 Å². The van der Waals surface area contributed by atoms with Crippen molar-refractivity contribution < 1.29 is 4.79 Å². The number of carbonyl (C=O) groups is 1. The van der Waals surface area contributed by atoms with Crippen LogP contribution in [0.4, 0.5) is 11.6 Å². The molecule has 146 valence electrons. The molecule has 4 N–H and O–H groups in total. The number of rotatable bonds is 6. The summed E-state index contributed by atoms with van der Waals surface area (Å²) in [5.74, 6) is 0.889. The molecule has 0 bridgehead atoms. The van der Waals surface area contributed by atoms with Crippen LogP contribution in [0.25, 0.3) is 22.5 Å². The third kappa shape index (κ3) is 4.52. The van der Waals surface area contributed by atoms with Crippen molar-refractivity contribution in [3.8, 4) is 22.5 Å². The van der Waals surface area contributed by atoms with Gasteiger partial charge in [-0.25, -0.2) is 0 Å². The molecule has 0 saturated carbocycles. The van der Waals surface area contributed by atoms with Crippen LogP contribution in [0.2, 0.25) is 0 Å². The topological polar surface area (TPSA) is 98.5 Å². The number of benzene rings is 2. The van der Waals surface area contributed by atoms with Crippen LogP contribution in [0, 0.1) is 13.8 Å². The summed E-state index contributed by atoms with van der Waals surface area (Å²) in [7, 11) is 0. The number of aromatic amines is 2. The quantitative estimate of drug-likeness (QED) is 0.400. The summed E-state index contributed by atoms with van der Waals surface area (Å²) in [5.41, 5.74) is 6.19. The fourth-order valence-corrected chi connectivity index (χ4v) is 2.92. The fraction of sp³-hybridized carbons (Fsp3) is 0.136. The standard InChI is InChI=1S/C22H22N6O/c1-14-3-7-16(8-4-14)18-11-20(27-25-18)23-13-22(29)24-21-12-19(26-28-21)17-9-5-15(2)6-10-17/h3-12H,13H2,1-2H3,(H2,23,25,27)(H2,24,26,28,29). The minimum atomic E-state index is -0.202. The van der Waals surface area contributed by atoms with E-state index in [9.17, 15) is 4.79 Å². The van der Waals surface area contributed by atoms with Crippen LogP contribution >= 0.6 is 0 Å². The van der Waals surface area contributed by atoms with Crippen LogP contribution < -0.4 is 10.6 Å². The van der Waals surface area contributed by atoms with Gasteiger partial charge in [0.1, 0.15) is 5.82 Å². The molecule has 0 unspecified atom stereocenters. The van der Waals surface area contributed by atoms with Gasteiger partial charge in [-0.05, 0) is 25.0 Å². The zero-order valence-electron chi connectivity index (χ0n) is 16.3. The zero-order valence-corrected chi connectivity index (χ0v) is 16.3. The van der Waals surface area contributed by atoms with Crippen molar-refractivity contribution in [1.82, 2.24) is 20.4 Å². The molecule has 7 nitrogen and oxygen atoms in total. The average molecular weight is 386 g/mol. The summed E-state index contributed by atoms with van der Waals surface area (Å²) in [6, 6.07) is 19.9. The Balaban J connectivity index is 1.33. The molecule has 4 rings (SSSR count).